The molecule has 0 unspecified atom stereocenters. The van der Waals surface area contributed by atoms with Crippen molar-refractivity contribution in [2.45, 2.75) is 71.3 Å². The Kier molecular flexibility index (Phi) is 9.63. The van der Waals surface area contributed by atoms with Gasteiger partial charge in [0.15, 0.2) is 0 Å². The van der Waals surface area contributed by atoms with Gasteiger partial charge in [0.1, 0.15) is 6.04 Å². The Morgan fingerprint density at radius 2 is 1.71 bits per heavy atom. The Labute approximate surface area is 191 Å². The van der Waals surface area contributed by atoms with Crippen LogP contribution in [0.5, 0.6) is 0 Å². The minimum Gasteiger partial charge on any atom is -0.350 e. The molecule has 0 aliphatic rings. The van der Waals surface area contributed by atoms with Crippen molar-refractivity contribution in [2.24, 2.45) is 0 Å². The normalized spacial score (nSPS) is 12.3. The van der Waals surface area contributed by atoms with Gasteiger partial charge < -0.3 is 10.2 Å². The molecule has 168 valence electrons. The van der Waals surface area contributed by atoms with E-state index >= 15 is 0 Å². The molecule has 2 amide bonds. The second-order valence-electron chi connectivity index (χ2n) is 8.96. The summed E-state index contributed by atoms with van der Waals surface area (Å²) in [6, 6.07) is 17.9. The van der Waals surface area contributed by atoms with Gasteiger partial charge in [-0.15, -0.1) is 0 Å². The average molecular weight is 441 g/mol. The summed E-state index contributed by atoms with van der Waals surface area (Å²) in [6.07, 6.45) is 0.999. The third kappa shape index (κ3) is 8.78. The lowest BCUT2D eigenvalue weighted by molar-refractivity contribution is -0.141. The van der Waals surface area contributed by atoms with Crippen molar-refractivity contribution in [1.29, 1.82) is 0 Å². The minimum atomic E-state index is -0.480. The summed E-state index contributed by atoms with van der Waals surface area (Å²) in [4.78, 5) is 28.0. The third-order valence-electron chi connectivity index (χ3n) is 4.89. The van der Waals surface area contributed by atoms with E-state index in [0.29, 0.717) is 19.4 Å². The van der Waals surface area contributed by atoms with Gasteiger partial charge in [0.25, 0.3) is 0 Å². The van der Waals surface area contributed by atoms with Crippen molar-refractivity contribution in [1.82, 2.24) is 10.2 Å². The molecule has 5 heteroatoms. The number of nitrogens with one attached hydrogen (secondary N) is 1. The number of amides is 2. The van der Waals surface area contributed by atoms with Crippen molar-refractivity contribution in [3.63, 3.8) is 0 Å². The number of thioether (sulfide) groups is 1. The molecule has 2 aromatic carbocycles. The highest BCUT2D eigenvalue weighted by atomic mass is 32.2. The standard InChI is InChI=1S/C26H36N2O2S/c1-6-23(25(30)27-26(3,4)5)28(18-22-14-10-11-20(2)17-22)24(29)15-16-31-19-21-12-8-7-9-13-21/h7-14,17,23H,6,15-16,18-19H2,1-5H3,(H,27,30)/t23-/m0/s1. The molecule has 0 aliphatic carbocycles. The average Bonchev–Trinajstić information content (AvgIpc) is 2.70. The van der Waals surface area contributed by atoms with E-state index in [-0.39, 0.29) is 17.4 Å². The van der Waals surface area contributed by atoms with Crippen LogP contribution in [0.15, 0.2) is 54.6 Å². The lowest BCUT2D eigenvalue weighted by Crippen LogP contribution is -2.53. The first-order valence-corrected chi connectivity index (χ1v) is 12.1. The molecule has 0 aliphatic heterocycles. The van der Waals surface area contributed by atoms with E-state index in [1.165, 1.54) is 5.56 Å². The Morgan fingerprint density at radius 1 is 1.03 bits per heavy atom. The van der Waals surface area contributed by atoms with Gasteiger partial charge in [-0.2, -0.15) is 11.8 Å². The van der Waals surface area contributed by atoms with Crippen LogP contribution < -0.4 is 5.32 Å². The van der Waals surface area contributed by atoms with Crippen LogP contribution in [0.25, 0.3) is 0 Å². The largest absolute Gasteiger partial charge is 0.350 e. The minimum absolute atomic E-state index is 0.0259. The van der Waals surface area contributed by atoms with E-state index in [4.69, 9.17) is 0 Å². The van der Waals surface area contributed by atoms with Crippen LogP contribution in [0.3, 0.4) is 0 Å². The molecular formula is C26H36N2O2S. The molecule has 2 rings (SSSR count). The Balaban J connectivity index is 2.09. The maximum Gasteiger partial charge on any atom is 0.243 e. The summed E-state index contributed by atoms with van der Waals surface area (Å²) < 4.78 is 0. The Morgan fingerprint density at radius 3 is 2.32 bits per heavy atom. The number of nitrogens with zero attached hydrogens (tertiary/aromatic N) is 1. The molecule has 31 heavy (non-hydrogen) atoms. The molecule has 0 heterocycles. The van der Waals surface area contributed by atoms with Crippen LogP contribution >= 0.6 is 11.8 Å². The van der Waals surface area contributed by atoms with Crippen molar-refractivity contribution in [3.05, 3.63) is 71.3 Å². The molecule has 1 atom stereocenters. The van der Waals surface area contributed by atoms with Gasteiger partial charge >= 0.3 is 0 Å². The molecule has 4 nitrogen and oxygen atoms in total. The van der Waals surface area contributed by atoms with Crippen molar-refractivity contribution < 1.29 is 9.59 Å². The van der Waals surface area contributed by atoms with Crippen LogP contribution in [0, 0.1) is 6.92 Å². The maximum absolute atomic E-state index is 13.2. The highest BCUT2D eigenvalue weighted by molar-refractivity contribution is 7.98. The molecule has 0 saturated carbocycles. The van der Waals surface area contributed by atoms with Crippen LogP contribution in [0.4, 0.5) is 0 Å². The molecule has 0 spiro atoms. The van der Waals surface area contributed by atoms with Crippen molar-refractivity contribution in [2.75, 3.05) is 5.75 Å². The maximum atomic E-state index is 13.2. The number of hydrogen-bond acceptors (Lipinski definition) is 3. The molecule has 1 N–H and O–H groups in total. The number of aryl methyl sites for hydroxylation is 1. The Bertz CT molecular complexity index is 846. The lowest BCUT2D eigenvalue weighted by Gasteiger charge is -2.33. The lowest BCUT2D eigenvalue weighted by atomic mass is 10.0. The van der Waals surface area contributed by atoms with E-state index in [1.807, 2.05) is 71.0 Å². The zero-order valence-corrected chi connectivity index (χ0v) is 20.3. The molecule has 0 saturated heterocycles. The summed E-state index contributed by atoms with van der Waals surface area (Å²) in [7, 11) is 0. The number of hydrogen-bond donors (Lipinski definition) is 1. The molecule has 0 bridgehead atoms. The SMILES string of the molecule is CC[C@@H](C(=O)NC(C)(C)C)N(Cc1cccc(C)c1)C(=O)CCSCc1ccccc1. The quantitative estimate of drug-likeness (QED) is 0.507. The summed E-state index contributed by atoms with van der Waals surface area (Å²) in [5, 5.41) is 3.05. The molecule has 0 radical (unpaired) electrons. The smallest absolute Gasteiger partial charge is 0.243 e. The fourth-order valence-corrected chi connectivity index (χ4v) is 4.34. The fraction of sp³-hybridized carbons (Fsp3) is 0.462. The third-order valence-corrected chi connectivity index (χ3v) is 5.92. The van der Waals surface area contributed by atoms with Gasteiger partial charge in [0.05, 0.1) is 0 Å². The van der Waals surface area contributed by atoms with Crippen molar-refractivity contribution in [3.8, 4) is 0 Å². The summed E-state index contributed by atoms with van der Waals surface area (Å²) >= 11 is 1.75. The van der Waals surface area contributed by atoms with Crippen LogP contribution in [0.2, 0.25) is 0 Å². The number of benzene rings is 2. The first-order valence-electron chi connectivity index (χ1n) is 11.0. The monoisotopic (exact) mass is 440 g/mol. The highest BCUT2D eigenvalue weighted by Gasteiger charge is 2.30. The zero-order chi connectivity index (χ0) is 22.9. The summed E-state index contributed by atoms with van der Waals surface area (Å²) in [5.41, 5.74) is 3.11. The predicted octanol–water partition coefficient (Wildman–Crippen LogP) is 5.34. The number of carbonyl (C=O) groups excluding carboxylic acids is 2. The first-order chi connectivity index (χ1) is 14.7. The van der Waals surface area contributed by atoms with Crippen LogP contribution in [-0.2, 0) is 21.9 Å². The van der Waals surface area contributed by atoms with E-state index in [0.717, 1.165) is 22.6 Å². The van der Waals surface area contributed by atoms with E-state index in [1.54, 1.807) is 16.7 Å². The second kappa shape index (κ2) is 11.9. The zero-order valence-electron chi connectivity index (χ0n) is 19.5. The van der Waals surface area contributed by atoms with Gasteiger partial charge in [-0.1, -0.05) is 67.1 Å². The van der Waals surface area contributed by atoms with Crippen LogP contribution in [0.1, 0.15) is 57.2 Å². The Hall–Kier alpha value is -2.27. The molecule has 0 fully saturated rings. The van der Waals surface area contributed by atoms with Gasteiger partial charge in [0, 0.05) is 30.0 Å². The van der Waals surface area contributed by atoms with Gasteiger partial charge in [0.2, 0.25) is 11.8 Å². The molecule has 2 aromatic rings. The van der Waals surface area contributed by atoms with Gasteiger partial charge in [-0.05, 0) is 45.2 Å². The van der Waals surface area contributed by atoms with Gasteiger partial charge in [-0.3, -0.25) is 9.59 Å². The second-order valence-corrected chi connectivity index (χ2v) is 10.1. The van der Waals surface area contributed by atoms with Crippen LogP contribution in [-0.4, -0.2) is 34.0 Å². The molecular weight excluding hydrogens is 404 g/mol. The van der Waals surface area contributed by atoms with E-state index in [2.05, 4.69) is 23.5 Å². The highest BCUT2D eigenvalue weighted by Crippen LogP contribution is 2.18. The number of rotatable bonds is 10. The van der Waals surface area contributed by atoms with Crippen molar-refractivity contribution >= 4 is 23.6 Å². The summed E-state index contributed by atoms with van der Waals surface area (Å²) in [5.74, 6) is 1.55. The summed E-state index contributed by atoms with van der Waals surface area (Å²) in [6.45, 7) is 10.3. The van der Waals surface area contributed by atoms with E-state index < -0.39 is 6.04 Å². The van der Waals surface area contributed by atoms with E-state index in [9.17, 15) is 9.59 Å². The fourth-order valence-electron chi connectivity index (χ4n) is 3.45. The van der Waals surface area contributed by atoms with Gasteiger partial charge in [-0.25, -0.2) is 0 Å². The topological polar surface area (TPSA) is 49.4 Å². The first kappa shape index (κ1) is 25.0. The molecule has 0 aromatic heterocycles. The number of carbonyl (C=O) groups is 2. The predicted molar refractivity (Wildman–Crippen MR) is 131 cm³/mol.